The van der Waals surface area contributed by atoms with E-state index in [2.05, 4.69) is 39.5 Å². The summed E-state index contributed by atoms with van der Waals surface area (Å²) < 4.78 is 0. The van der Waals surface area contributed by atoms with Crippen LogP contribution in [0, 0.1) is 45.8 Å². The second kappa shape index (κ2) is 8.73. The number of rotatable bonds is 8. The zero-order chi connectivity index (χ0) is 23.3. The number of hydrogen-bond acceptors (Lipinski definition) is 2. The molecular formula is C30H48O2. The molecular weight excluding hydrogens is 392 g/mol. The number of hydrogen-bond donors (Lipinski definition) is 2. The Labute approximate surface area is 197 Å². The predicted molar refractivity (Wildman–Crippen MR) is 134 cm³/mol. The van der Waals surface area contributed by atoms with Crippen molar-refractivity contribution in [3.05, 3.63) is 35.5 Å². The molecule has 3 unspecified atom stereocenters. The van der Waals surface area contributed by atoms with Crippen molar-refractivity contribution >= 4 is 0 Å². The van der Waals surface area contributed by atoms with Crippen LogP contribution >= 0.6 is 0 Å². The number of fused-ring (bicyclic) bond motifs is 2. The first-order valence-electron chi connectivity index (χ1n) is 13.3. The van der Waals surface area contributed by atoms with Gasteiger partial charge in [0.15, 0.2) is 0 Å². The third kappa shape index (κ3) is 3.68. The first kappa shape index (κ1) is 24.3. The molecule has 2 N–H and O–H groups in total. The van der Waals surface area contributed by atoms with Crippen molar-refractivity contribution in [2.75, 3.05) is 13.2 Å². The van der Waals surface area contributed by atoms with Gasteiger partial charge in [-0.3, -0.25) is 0 Å². The lowest BCUT2D eigenvalue weighted by Gasteiger charge is -2.36. The largest absolute Gasteiger partial charge is 0.392 e. The van der Waals surface area contributed by atoms with E-state index in [-0.39, 0.29) is 13.2 Å². The molecule has 0 amide bonds. The highest BCUT2D eigenvalue weighted by Gasteiger charge is 2.80. The molecule has 6 aliphatic carbocycles. The molecule has 2 heteroatoms. The van der Waals surface area contributed by atoms with Crippen molar-refractivity contribution in [1.29, 1.82) is 0 Å². The number of allylic oxidation sites excluding steroid dienone is 3. The van der Waals surface area contributed by atoms with Crippen LogP contribution < -0.4 is 0 Å². The molecule has 6 rings (SSSR count). The lowest BCUT2D eigenvalue weighted by Crippen LogP contribution is -2.26. The zero-order valence-electron chi connectivity index (χ0n) is 21.4. The molecule has 0 radical (unpaired) electrons. The molecule has 180 valence electrons. The average Bonchev–Trinajstić information content (AvgIpc) is 3.36. The van der Waals surface area contributed by atoms with Crippen LogP contribution in [0.1, 0.15) is 92.4 Å². The molecule has 0 aromatic carbocycles. The fraction of sp³-hybridized carbons (Fsp3) is 0.800. The van der Waals surface area contributed by atoms with E-state index in [1.165, 1.54) is 50.5 Å². The number of aliphatic hydroxyl groups excluding tert-OH is 2. The summed E-state index contributed by atoms with van der Waals surface area (Å²) in [4.78, 5) is 0. The van der Waals surface area contributed by atoms with Crippen molar-refractivity contribution in [2.24, 2.45) is 45.8 Å². The van der Waals surface area contributed by atoms with Gasteiger partial charge in [-0.05, 0) is 117 Å². The van der Waals surface area contributed by atoms with Gasteiger partial charge in [-0.2, -0.15) is 0 Å². The van der Waals surface area contributed by atoms with Crippen LogP contribution in [0.15, 0.2) is 35.5 Å². The Morgan fingerprint density at radius 1 is 0.875 bits per heavy atom. The topological polar surface area (TPSA) is 40.5 Å². The minimum Gasteiger partial charge on any atom is -0.392 e. The van der Waals surface area contributed by atoms with Crippen LogP contribution in [0.3, 0.4) is 0 Å². The molecule has 6 bridgehead atoms. The van der Waals surface area contributed by atoms with Gasteiger partial charge < -0.3 is 10.2 Å². The SMILES string of the molecule is C/C(=C/CC[C@]1(C)C2CC3[C@H](C2)C31C)CO.C=C1[C@H]2CC[C@H](C2)[C@]1(C)CC/C=C(/C)CO. The van der Waals surface area contributed by atoms with Gasteiger partial charge in [0.2, 0.25) is 0 Å². The molecule has 2 nitrogen and oxygen atoms in total. The second-order valence-electron chi connectivity index (χ2n) is 12.7. The van der Waals surface area contributed by atoms with E-state index in [4.69, 9.17) is 10.2 Å². The standard InChI is InChI=1S/2C15H24O/c1-10(9-16)5-4-6-14(2)11-7-12-13(8-11)15(12,14)3;1-11(10-16)5-4-8-15(3)12(2)13-6-7-14(15)9-13/h5,11-13,16H,4,6-9H2,1-3H3;5,13-14,16H,2,4,6-10H2,1,3H3/b10-5-;11-5-/t11?,12-,13?,14+,15?;13-,14+,15+/m00/s1. The normalized spacial score (nSPS) is 46.0. The maximum atomic E-state index is 8.99. The Kier molecular flexibility index (Phi) is 6.62. The maximum absolute atomic E-state index is 8.99. The van der Waals surface area contributed by atoms with E-state index < -0.39 is 0 Å². The molecule has 8 atom stereocenters. The quantitative estimate of drug-likeness (QED) is 0.396. The Balaban J connectivity index is 0.000000153. The number of aliphatic hydroxyl groups is 2. The molecule has 0 aromatic rings. The van der Waals surface area contributed by atoms with Crippen LogP contribution in [0.25, 0.3) is 0 Å². The summed E-state index contributed by atoms with van der Waals surface area (Å²) in [7, 11) is 0. The van der Waals surface area contributed by atoms with Crippen LogP contribution in [-0.2, 0) is 0 Å². The zero-order valence-corrected chi connectivity index (χ0v) is 21.4. The van der Waals surface area contributed by atoms with Crippen LogP contribution in [-0.4, -0.2) is 23.4 Å². The van der Waals surface area contributed by atoms with Crippen molar-refractivity contribution in [1.82, 2.24) is 0 Å². The lowest BCUT2D eigenvalue weighted by atomic mass is 9.69. The Hall–Kier alpha value is -0.860. The molecule has 0 saturated heterocycles. The molecule has 0 aliphatic heterocycles. The van der Waals surface area contributed by atoms with Gasteiger partial charge in [-0.15, -0.1) is 0 Å². The van der Waals surface area contributed by atoms with Gasteiger partial charge in [-0.1, -0.05) is 56.2 Å². The van der Waals surface area contributed by atoms with Gasteiger partial charge in [0.1, 0.15) is 0 Å². The summed E-state index contributed by atoms with van der Waals surface area (Å²) in [6.45, 7) is 16.3. The highest BCUT2D eigenvalue weighted by Crippen LogP contribution is 2.87. The fourth-order valence-corrected chi connectivity index (χ4v) is 8.84. The third-order valence-electron chi connectivity index (χ3n) is 11.5. The molecule has 6 fully saturated rings. The summed E-state index contributed by atoms with van der Waals surface area (Å²) >= 11 is 0. The highest BCUT2D eigenvalue weighted by molar-refractivity contribution is 5.29. The van der Waals surface area contributed by atoms with E-state index in [1.54, 1.807) is 0 Å². The summed E-state index contributed by atoms with van der Waals surface area (Å²) in [5.41, 5.74) is 5.42. The molecule has 0 heterocycles. The van der Waals surface area contributed by atoms with Crippen molar-refractivity contribution in [2.45, 2.75) is 92.4 Å². The summed E-state index contributed by atoms with van der Waals surface area (Å²) in [5, 5.41) is 18.0. The van der Waals surface area contributed by atoms with Gasteiger partial charge in [0.25, 0.3) is 0 Å². The molecule has 6 aliphatic rings. The first-order chi connectivity index (χ1) is 15.1. The Morgan fingerprint density at radius 2 is 1.44 bits per heavy atom. The van der Waals surface area contributed by atoms with E-state index >= 15 is 0 Å². The maximum Gasteiger partial charge on any atom is 0.0639 e. The van der Waals surface area contributed by atoms with Gasteiger partial charge in [-0.25, -0.2) is 0 Å². The molecule has 0 spiro atoms. The minimum atomic E-state index is 0.198. The summed E-state index contributed by atoms with van der Waals surface area (Å²) in [6, 6.07) is 0. The van der Waals surface area contributed by atoms with Crippen LogP contribution in [0.5, 0.6) is 0 Å². The van der Waals surface area contributed by atoms with Gasteiger partial charge in [0, 0.05) is 0 Å². The average molecular weight is 441 g/mol. The van der Waals surface area contributed by atoms with Crippen LogP contribution in [0.4, 0.5) is 0 Å². The third-order valence-corrected chi connectivity index (χ3v) is 11.5. The van der Waals surface area contributed by atoms with Crippen molar-refractivity contribution < 1.29 is 10.2 Å². The first-order valence-corrected chi connectivity index (χ1v) is 13.3. The van der Waals surface area contributed by atoms with E-state index in [1.807, 2.05) is 13.8 Å². The van der Waals surface area contributed by atoms with E-state index in [0.29, 0.717) is 16.2 Å². The molecule has 32 heavy (non-hydrogen) atoms. The highest BCUT2D eigenvalue weighted by atomic mass is 16.3. The Bertz CT molecular complexity index is 779. The van der Waals surface area contributed by atoms with E-state index in [0.717, 1.165) is 53.6 Å². The lowest BCUT2D eigenvalue weighted by molar-refractivity contribution is 0.154. The predicted octanol–water partition coefficient (Wildman–Crippen LogP) is 7.09. The Morgan fingerprint density at radius 3 is 1.88 bits per heavy atom. The second-order valence-corrected chi connectivity index (χ2v) is 12.7. The van der Waals surface area contributed by atoms with Gasteiger partial charge >= 0.3 is 0 Å². The summed E-state index contributed by atoms with van der Waals surface area (Å²) in [5.74, 6) is 4.86. The van der Waals surface area contributed by atoms with Crippen LogP contribution in [0.2, 0.25) is 0 Å². The van der Waals surface area contributed by atoms with Crippen molar-refractivity contribution in [3.63, 3.8) is 0 Å². The van der Waals surface area contributed by atoms with Crippen molar-refractivity contribution in [3.8, 4) is 0 Å². The smallest absolute Gasteiger partial charge is 0.0639 e. The molecule has 0 aromatic heterocycles. The fourth-order valence-electron chi connectivity index (χ4n) is 8.84. The summed E-state index contributed by atoms with van der Waals surface area (Å²) in [6.07, 6.45) is 16.4. The van der Waals surface area contributed by atoms with Gasteiger partial charge in [0.05, 0.1) is 13.2 Å². The minimum absolute atomic E-state index is 0.198. The monoisotopic (exact) mass is 440 g/mol. The molecule has 6 saturated carbocycles. The van der Waals surface area contributed by atoms with E-state index in [9.17, 15) is 0 Å².